The fourth-order valence-electron chi connectivity index (χ4n) is 5.98. The van der Waals surface area contributed by atoms with Crippen LogP contribution in [0.3, 0.4) is 0 Å². The summed E-state index contributed by atoms with van der Waals surface area (Å²) in [4.78, 5) is 13.7. The van der Waals surface area contributed by atoms with Crippen LogP contribution < -0.4 is 0 Å². The third-order valence-electron chi connectivity index (χ3n) is 7.51. The van der Waals surface area contributed by atoms with Crippen molar-refractivity contribution >= 4 is 17.7 Å². The zero-order valence-electron chi connectivity index (χ0n) is 21.6. The maximum absolute atomic E-state index is 13.7. The van der Waals surface area contributed by atoms with E-state index < -0.39 is 23.5 Å². The van der Waals surface area contributed by atoms with Crippen LogP contribution in [0.5, 0.6) is 0 Å². The molecule has 2 aliphatic rings. The molecule has 1 saturated heterocycles. The summed E-state index contributed by atoms with van der Waals surface area (Å²) < 4.78 is 66.7. The molecule has 0 radical (unpaired) electrons. The summed E-state index contributed by atoms with van der Waals surface area (Å²) in [6.07, 6.45) is -3.03. The highest BCUT2D eigenvalue weighted by molar-refractivity contribution is 8.00. The molecule has 208 valence electrons. The molecule has 1 aromatic heterocycles. The van der Waals surface area contributed by atoms with Crippen molar-refractivity contribution in [2.24, 2.45) is 5.92 Å². The molecule has 2 fully saturated rings. The lowest BCUT2D eigenvalue weighted by Gasteiger charge is -2.33. The fraction of sp³-hybridized carbons (Fsp3) is 0.481. The first-order chi connectivity index (χ1) is 18.5. The Morgan fingerprint density at radius 1 is 1.21 bits per heavy atom. The van der Waals surface area contributed by atoms with Gasteiger partial charge in [-0.3, -0.25) is 4.79 Å². The van der Waals surface area contributed by atoms with Gasteiger partial charge < -0.3 is 9.47 Å². The number of esters is 1. The standard InChI is InChI=1S/C27H28F4N4O3S/c1-15(2)39-22-9-8-19(35-25(27(29,30)31)32-33-34-35)12-21(22)17-13-26(38-14-17)11-10-20(24(36)37-3)23(26)16-4-6-18(28)7-5-16/h4-9,12,15,17,20,23H,10-11,13-14H2,1-3H3/t17-,20+,23-,26-/m1/s1. The molecule has 39 heavy (non-hydrogen) atoms. The number of carbonyl (C=O) groups is 1. The molecule has 1 saturated carbocycles. The Hall–Kier alpha value is -2.99. The number of thioether (sulfide) groups is 1. The lowest BCUT2D eigenvalue weighted by Crippen LogP contribution is -2.35. The number of tetrazole rings is 1. The SMILES string of the molecule is COC(=O)[C@H]1CC[C@@]2(C[C@@H](c3cc(-n4nnnc4C(F)(F)F)ccc3SC(C)C)CO2)[C@@H]1c1ccc(F)cc1. The Morgan fingerprint density at radius 2 is 1.95 bits per heavy atom. The summed E-state index contributed by atoms with van der Waals surface area (Å²) in [5.74, 6) is -2.88. The molecule has 2 aromatic carbocycles. The summed E-state index contributed by atoms with van der Waals surface area (Å²) in [5.41, 5.74) is 1.12. The van der Waals surface area contributed by atoms with Crippen LogP contribution in [-0.4, -0.2) is 50.7 Å². The van der Waals surface area contributed by atoms with Crippen molar-refractivity contribution in [3.63, 3.8) is 0 Å². The monoisotopic (exact) mass is 564 g/mol. The second-order valence-corrected chi connectivity index (χ2v) is 11.9. The van der Waals surface area contributed by atoms with E-state index in [4.69, 9.17) is 9.47 Å². The van der Waals surface area contributed by atoms with Gasteiger partial charge in [0.1, 0.15) is 5.82 Å². The summed E-state index contributed by atoms with van der Waals surface area (Å²) in [5, 5.41) is 10.2. The maximum atomic E-state index is 13.7. The number of carbonyl (C=O) groups excluding carboxylic acids is 1. The van der Waals surface area contributed by atoms with Crippen molar-refractivity contribution in [3.05, 3.63) is 65.2 Å². The Kier molecular flexibility index (Phi) is 7.45. The summed E-state index contributed by atoms with van der Waals surface area (Å²) in [6.45, 7) is 4.41. The van der Waals surface area contributed by atoms with Gasteiger partial charge in [0, 0.05) is 22.0 Å². The van der Waals surface area contributed by atoms with Crippen LogP contribution in [0, 0.1) is 11.7 Å². The fourth-order valence-corrected chi connectivity index (χ4v) is 6.99. The molecule has 0 N–H and O–H groups in total. The number of ether oxygens (including phenoxy) is 2. The van der Waals surface area contributed by atoms with E-state index in [1.807, 2.05) is 13.8 Å². The van der Waals surface area contributed by atoms with Crippen molar-refractivity contribution in [1.82, 2.24) is 20.2 Å². The van der Waals surface area contributed by atoms with Crippen LogP contribution in [0.2, 0.25) is 0 Å². The van der Waals surface area contributed by atoms with Crippen molar-refractivity contribution in [3.8, 4) is 5.69 Å². The van der Waals surface area contributed by atoms with E-state index in [0.29, 0.717) is 30.6 Å². The minimum atomic E-state index is -4.72. The number of rotatable bonds is 6. The Morgan fingerprint density at radius 3 is 2.62 bits per heavy atom. The number of benzene rings is 2. The topological polar surface area (TPSA) is 79.1 Å². The van der Waals surface area contributed by atoms with E-state index in [-0.39, 0.29) is 34.6 Å². The minimum absolute atomic E-state index is 0.156. The summed E-state index contributed by atoms with van der Waals surface area (Å²) in [7, 11) is 1.35. The molecule has 0 amide bonds. The molecule has 7 nitrogen and oxygen atoms in total. The Balaban J connectivity index is 1.54. The third-order valence-corrected chi connectivity index (χ3v) is 8.61. The van der Waals surface area contributed by atoms with E-state index in [1.54, 1.807) is 42.1 Å². The molecule has 1 aliphatic carbocycles. The highest BCUT2D eigenvalue weighted by Crippen LogP contribution is 2.57. The van der Waals surface area contributed by atoms with Gasteiger partial charge in [-0.05, 0) is 71.1 Å². The number of nitrogens with zero attached hydrogens (tertiary/aromatic N) is 4. The van der Waals surface area contributed by atoms with Crippen LogP contribution in [0.4, 0.5) is 17.6 Å². The smallest absolute Gasteiger partial charge is 0.453 e. The van der Waals surface area contributed by atoms with Gasteiger partial charge in [-0.2, -0.15) is 17.9 Å². The molecule has 12 heteroatoms. The molecule has 1 spiro atoms. The first-order valence-corrected chi connectivity index (χ1v) is 13.5. The normalized spacial score (nSPS) is 25.1. The number of hydrogen-bond acceptors (Lipinski definition) is 7. The average Bonchev–Trinajstić information content (AvgIpc) is 3.63. The zero-order chi connectivity index (χ0) is 27.9. The van der Waals surface area contributed by atoms with E-state index in [2.05, 4.69) is 15.5 Å². The van der Waals surface area contributed by atoms with Gasteiger partial charge >= 0.3 is 12.1 Å². The predicted molar refractivity (Wildman–Crippen MR) is 135 cm³/mol. The van der Waals surface area contributed by atoms with Crippen LogP contribution in [0.1, 0.15) is 61.9 Å². The van der Waals surface area contributed by atoms with Crippen molar-refractivity contribution < 1.29 is 31.8 Å². The van der Waals surface area contributed by atoms with E-state index >= 15 is 0 Å². The van der Waals surface area contributed by atoms with Crippen LogP contribution in [-0.2, 0) is 20.4 Å². The van der Waals surface area contributed by atoms with Gasteiger partial charge in [-0.25, -0.2) is 4.39 Å². The second kappa shape index (κ2) is 10.5. The third kappa shape index (κ3) is 5.28. The summed E-state index contributed by atoms with van der Waals surface area (Å²) >= 11 is 1.61. The van der Waals surface area contributed by atoms with E-state index in [9.17, 15) is 22.4 Å². The zero-order valence-corrected chi connectivity index (χ0v) is 22.4. The lowest BCUT2D eigenvalue weighted by atomic mass is 9.76. The summed E-state index contributed by atoms with van der Waals surface area (Å²) in [6, 6.07) is 11.2. The number of hydrogen-bond donors (Lipinski definition) is 0. The molecule has 0 bridgehead atoms. The number of methoxy groups -OCH3 is 1. The predicted octanol–water partition coefficient (Wildman–Crippen LogP) is 5.93. The molecular formula is C27H28F4N4O3S. The van der Waals surface area contributed by atoms with Crippen molar-refractivity contribution in [1.29, 1.82) is 0 Å². The Labute approximate surface area is 227 Å². The Bertz CT molecular complexity index is 1350. The van der Waals surface area contributed by atoms with Crippen LogP contribution in [0.25, 0.3) is 5.69 Å². The van der Waals surface area contributed by atoms with Gasteiger partial charge in [0.25, 0.3) is 5.82 Å². The van der Waals surface area contributed by atoms with Gasteiger partial charge in [0.05, 0.1) is 30.9 Å². The molecular weight excluding hydrogens is 536 g/mol. The molecule has 3 aromatic rings. The lowest BCUT2D eigenvalue weighted by molar-refractivity contribution is -0.147. The van der Waals surface area contributed by atoms with Gasteiger partial charge in [-0.1, -0.05) is 26.0 Å². The average molecular weight is 565 g/mol. The quantitative estimate of drug-likeness (QED) is 0.209. The minimum Gasteiger partial charge on any atom is -0.469 e. The van der Waals surface area contributed by atoms with Crippen LogP contribution >= 0.6 is 11.8 Å². The number of alkyl halides is 3. The first kappa shape index (κ1) is 27.6. The molecule has 4 atom stereocenters. The molecule has 2 heterocycles. The number of halogens is 4. The second-order valence-electron chi connectivity index (χ2n) is 10.3. The van der Waals surface area contributed by atoms with Gasteiger partial charge in [0.15, 0.2) is 0 Å². The van der Waals surface area contributed by atoms with E-state index in [0.717, 1.165) is 16.0 Å². The highest BCUT2D eigenvalue weighted by Gasteiger charge is 2.56. The first-order valence-electron chi connectivity index (χ1n) is 12.7. The number of aromatic nitrogens is 4. The molecule has 5 rings (SSSR count). The van der Waals surface area contributed by atoms with E-state index in [1.165, 1.54) is 19.2 Å². The van der Waals surface area contributed by atoms with Gasteiger partial charge in [-0.15, -0.1) is 16.9 Å². The van der Waals surface area contributed by atoms with Crippen LogP contribution in [0.15, 0.2) is 47.4 Å². The molecule has 0 unspecified atom stereocenters. The van der Waals surface area contributed by atoms with Crippen molar-refractivity contribution in [2.75, 3.05) is 13.7 Å². The van der Waals surface area contributed by atoms with Crippen molar-refractivity contribution in [2.45, 2.75) is 66.9 Å². The largest absolute Gasteiger partial charge is 0.469 e. The molecule has 1 aliphatic heterocycles. The maximum Gasteiger partial charge on any atom is 0.453 e. The van der Waals surface area contributed by atoms with Gasteiger partial charge in [0.2, 0.25) is 0 Å². The highest BCUT2D eigenvalue weighted by atomic mass is 32.2.